The van der Waals surface area contributed by atoms with E-state index in [1.165, 1.54) is 11.3 Å². The Hall–Kier alpha value is -2.09. The number of rotatable bonds is 8. The molecule has 29 heavy (non-hydrogen) atoms. The summed E-state index contributed by atoms with van der Waals surface area (Å²) >= 11 is 0. The number of nitrogens with one attached hydrogen (secondary N) is 2. The van der Waals surface area contributed by atoms with E-state index >= 15 is 0 Å². The third-order valence-corrected chi connectivity index (χ3v) is 5.55. The van der Waals surface area contributed by atoms with E-state index < -0.39 is 0 Å². The first-order chi connectivity index (χ1) is 13.9. The lowest BCUT2D eigenvalue weighted by molar-refractivity contribution is -0.130. The molecule has 1 aliphatic rings. The highest BCUT2D eigenvalue weighted by atomic mass is 16.2. The molecule has 0 aliphatic carbocycles. The smallest absolute Gasteiger partial charge is 0.236 e. The summed E-state index contributed by atoms with van der Waals surface area (Å²) in [4.78, 5) is 20.7. The molecule has 0 atom stereocenters. The second-order valence-corrected chi connectivity index (χ2v) is 7.88. The highest BCUT2D eigenvalue weighted by molar-refractivity contribution is 5.80. The van der Waals surface area contributed by atoms with Crippen molar-refractivity contribution in [2.75, 3.05) is 40.3 Å². The molecule has 0 aromatic carbocycles. The SMILES string of the molecule is CCNC(=NCc1c(CC)nn(C)c1CC)NC1CCN(CC(=O)N(C)C)CC1. The van der Waals surface area contributed by atoms with Crippen molar-refractivity contribution in [3.63, 3.8) is 0 Å². The summed E-state index contributed by atoms with van der Waals surface area (Å²) in [7, 11) is 5.64. The van der Waals surface area contributed by atoms with Gasteiger partial charge in [-0.05, 0) is 32.6 Å². The van der Waals surface area contributed by atoms with Crippen molar-refractivity contribution in [1.82, 2.24) is 30.2 Å². The maximum Gasteiger partial charge on any atom is 0.236 e. The Morgan fingerprint density at radius 3 is 2.45 bits per heavy atom. The van der Waals surface area contributed by atoms with Gasteiger partial charge in [-0.2, -0.15) is 5.10 Å². The second kappa shape index (κ2) is 11.2. The zero-order valence-corrected chi connectivity index (χ0v) is 19.1. The summed E-state index contributed by atoms with van der Waals surface area (Å²) in [6.07, 6.45) is 3.91. The number of aromatic nitrogens is 2. The van der Waals surface area contributed by atoms with Gasteiger partial charge in [-0.3, -0.25) is 14.4 Å². The minimum Gasteiger partial charge on any atom is -0.357 e. The van der Waals surface area contributed by atoms with E-state index in [1.807, 2.05) is 25.8 Å². The van der Waals surface area contributed by atoms with Crippen LogP contribution in [0.2, 0.25) is 0 Å². The molecular formula is C21H39N7O. The highest BCUT2D eigenvalue weighted by Gasteiger charge is 2.22. The van der Waals surface area contributed by atoms with Gasteiger partial charge in [0.1, 0.15) is 0 Å². The average molecular weight is 406 g/mol. The second-order valence-electron chi connectivity index (χ2n) is 7.88. The first kappa shape index (κ1) is 23.2. The molecule has 1 amide bonds. The highest BCUT2D eigenvalue weighted by Crippen LogP contribution is 2.17. The van der Waals surface area contributed by atoms with E-state index in [0.29, 0.717) is 19.1 Å². The molecule has 1 aromatic rings. The molecule has 8 heteroatoms. The Morgan fingerprint density at radius 2 is 1.90 bits per heavy atom. The number of hydrogen-bond acceptors (Lipinski definition) is 4. The molecular weight excluding hydrogens is 366 g/mol. The maximum absolute atomic E-state index is 11.9. The summed E-state index contributed by atoms with van der Waals surface area (Å²) < 4.78 is 1.99. The number of piperidine rings is 1. The van der Waals surface area contributed by atoms with E-state index in [2.05, 4.69) is 41.4 Å². The van der Waals surface area contributed by atoms with Crippen molar-refractivity contribution < 1.29 is 4.79 Å². The van der Waals surface area contributed by atoms with Crippen LogP contribution in [0.3, 0.4) is 0 Å². The molecule has 2 N–H and O–H groups in total. The predicted octanol–water partition coefficient (Wildman–Crippen LogP) is 1.15. The average Bonchev–Trinajstić information content (AvgIpc) is 3.02. The van der Waals surface area contributed by atoms with Crippen LogP contribution in [-0.2, 0) is 31.2 Å². The monoisotopic (exact) mass is 405 g/mol. The molecule has 1 aromatic heterocycles. The van der Waals surface area contributed by atoms with E-state index in [9.17, 15) is 4.79 Å². The van der Waals surface area contributed by atoms with Crippen molar-refractivity contribution in [2.45, 2.75) is 59.0 Å². The summed E-state index contributed by atoms with van der Waals surface area (Å²) in [6, 6.07) is 0.378. The van der Waals surface area contributed by atoms with Gasteiger partial charge in [0.15, 0.2) is 5.96 Å². The molecule has 0 radical (unpaired) electrons. The van der Waals surface area contributed by atoms with E-state index in [0.717, 1.165) is 57.0 Å². The van der Waals surface area contributed by atoms with Gasteiger partial charge >= 0.3 is 0 Å². The molecule has 1 fully saturated rings. The Labute approximate surface area is 175 Å². The van der Waals surface area contributed by atoms with Gasteiger partial charge in [0, 0.05) is 58.1 Å². The molecule has 0 spiro atoms. The first-order valence-corrected chi connectivity index (χ1v) is 10.9. The molecule has 1 aliphatic heterocycles. The van der Waals surface area contributed by atoms with Crippen LogP contribution >= 0.6 is 0 Å². The van der Waals surface area contributed by atoms with Crippen molar-refractivity contribution in [3.05, 3.63) is 17.0 Å². The van der Waals surface area contributed by atoms with Crippen LogP contribution in [0.1, 0.15) is 50.6 Å². The van der Waals surface area contributed by atoms with Gasteiger partial charge in [0.2, 0.25) is 5.91 Å². The Kier molecular flexibility index (Phi) is 8.95. The number of guanidine groups is 1. The minimum atomic E-state index is 0.168. The Morgan fingerprint density at radius 1 is 1.21 bits per heavy atom. The number of amides is 1. The number of nitrogens with zero attached hydrogens (tertiary/aromatic N) is 5. The van der Waals surface area contributed by atoms with Crippen LogP contribution in [0.25, 0.3) is 0 Å². The number of likely N-dealkylation sites (tertiary alicyclic amines) is 1. The van der Waals surface area contributed by atoms with Gasteiger partial charge < -0.3 is 15.5 Å². The van der Waals surface area contributed by atoms with Crippen molar-refractivity contribution in [1.29, 1.82) is 0 Å². The van der Waals surface area contributed by atoms with Crippen molar-refractivity contribution in [2.24, 2.45) is 12.0 Å². The number of hydrogen-bond donors (Lipinski definition) is 2. The van der Waals surface area contributed by atoms with E-state index in [1.54, 1.807) is 4.90 Å². The van der Waals surface area contributed by atoms with E-state index in [-0.39, 0.29) is 5.91 Å². The van der Waals surface area contributed by atoms with Crippen LogP contribution in [0, 0.1) is 0 Å². The van der Waals surface area contributed by atoms with Crippen molar-refractivity contribution >= 4 is 11.9 Å². The summed E-state index contributed by atoms with van der Waals surface area (Å²) in [5.41, 5.74) is 3.66. The van der Waals surface area contributed by atoms with Crippen LogP contribution in [0.15, 0.2) is 4.99 Å². The van der Waals surface area contributed by atoms with Gasteiger partial charge in [-0.1, -0.05) is 13.8 Å². The van der Waals surface area contributed by atoms with Gasteiger partial charge in [0.05, 0.1) is 18.8 Å². The fraction of sp³-hybridized carbons (Fsp3) is 0.762. The fourth-order valence-electron chi connectivity index (χ4n) is 3.81. The van der Waals surface area contributed by atoms with Crippen LogP contribution in [0.4, 0.5) is 0 Å². The Balaban J connectivity index is 1.96. The third-order valence-electron chi connectivity index (χ3n) is 5.55. The largest absolute Gasteiger partial charge is 0.357 e. The Bertz CT molecular complexity index is 687. The van der Waals surface area contributed by atoms with Crippen LogP contribution in [0.5, 0.6) is 0 Å². The summed E-state index contributed by atoms with van der Waals surface area (Å²) in [5, 5.41) is 11.6. The van der Waals surface area contributed by atoms with Gasteiger partial charge in [-0.25, -0.2) is 4.99 Å². The molecule has 0 unspecified atom stereocenters. The summed E-state index contributed by atoms with van der Waals surface area (Å²) in [6.45, 7) is 10.2. The molecule has 2 heterocycles. The standard InChI is InChI=1S/C21H39N7O/c1-7-18-17(19(8-2)27(6)25-18)14-23-21(22-9-3)24-16-10-12-28(13-11-16)15-20(29)26(4)5/h16H,7-15H2,1-6H3,(H2,22,23,24). The van der Waals surface area contributed by atoms with Crippen molar-refractivity contribution in [3.8, 4) is 0 Å². The van der Waals surface area contributed by atoms with Crippen LogP contribution < -0.4 is 10.6 Å². The normalized spacial score (nSPS) is 16.1. The molecule has 1 saturated heterocycles. The minimum absolute atomic E-state index is 0.168. The van der Waals surface area contributed by atoms with Crippen LogP contribution in [-0.4, -0.2) is 77.8 Å². The maximum atomic E-state index is 11.9. The molecule has 164 valence electrons. The number of aliphatic imine (C=N–C) groups is 1. The zero-order valence-electron chi connectivity index (χ0n) is 19.1. The van der Waals surface area contributed by atoms with E-state index in [4.69, 9.17) is 4.99 Å². The quantitative estimate of drug-likeness (QED) is 0.501. The lowest BCUT2D eigenvalue weighted by Gasteiger charge is -2.33. The summed E-state index contributed by atoms with van der Waals surface area (Å²) in [5.74, 6) is 1.03. The van der Waals surface area contributed by atoms with Gasteiger partial charge in [-0.15, -0.1) is 0 Å². The topological polar surface area (TPSA) is 77.8 Å². The molecule has 0 bridgehead atoms. The third kappa shape index (κ3) is 6.45. The van der Waals surface area contributed by atoms with Gasteiger partial charge in [0.25, 0.3) is 0 Å². The number of carbonyl (C=O) groups excluding carboxylic acids is 1. The molecule has 0 saturated carbocycles. The lowest BCUT2D eigenvalue weighted by Crippen LogP contribution is -2.50. The molecule has 2 rings (SSSR count). The molecule has 8 nitrogen and oxygen atoms in total. The number of carbonyl (C=O) groups is 1. The predicted molar refractivity (Wildman–Crippen MR) is 118 cm³/mol. The zero-order chi connectivity index (χ0) is 21.4. The number of likely N-dealkylation sites (N-methyl/N-ethyl adjacent to an activating group) is 1. The number of aryl methyl sites for hydroxylation is 2. The first-order valence-electron chi connectivity index (χ1n) is 10.9. The fourth-order valence-corrected chi connectivity index (χ4v) is 3.81. The lowest BCUT2D eigenvalue weighted by atomic mass is 10.1.